The quantitative estimate of drug-likeness (QED) is 0.361. The number of fused-ring (bicyclic) bond motifs is 1. The van der Waals surface area contributed by atoms with E-state index in [1.165, 1.54) is 15.9 Å². The van der Waals surface area contributed by atoms with Crippen molar-refractivity contribution in [3.8, 4) is 0 Å². The van der Waals surface area contributed by atoms with Crippen LogP contribution in [0.15, 0.2) is 30.6 Å². The van der Waals surface area contributed by atoms with Gasteiger partial charge in [0.1, 0.15) is 29.1 Å². The van der Waals surface area contributed by atoms with Crippen molar-refractivity contribution in [2.45, 2.75) is 38.6 Å². The number of carbonyl (C=O) groups is 1. The summed E-state index contributed by atoms with van der Waals surface area (Å²) in [7, 11) is -2.16. The first kappa shape index (κ1) is 28.8. The highest BCUT2D eigenvalue weighted by atomic mass is 35.5. The number of piperazine rings is 1. The molecule has 0 aliphatic carbocycles. The summed E-state index contributed by atoms with van der Waals surface area (Å²) in [5.41, 5.74) is -2.85. The van der Waals surface area contributed by atoms with Gasteiger partial charge < -0.3 is 24.6 Å². The summed E-state index contributed by atoms with van der Waals surface area (Å²) in [4.78, 5) is 23.6. The zero-order valence-electron chi connectivity index (χ0n) is 20.9. The summed E-state index contributed by atoms with van der Waals surface area (Å²) < 4.78 is 75.6. The van der Waals surface area contributed by atoms with Crippen LogP contribution in [-0.2, 0) is 10.9 Å². The number of aromatic nitrogens is 2. The third-order valence-corrected chi connectivity index (χ3v) is 6.45. The molecule has 2 N–H and O–H groups in total. The maximum Gasteiger partial charge on any atom is 0.491 e. The molecule has 2 heterocycles. The number of ether oxygens (including phenoxy) is 1. The van der Waals surface area contributed by atoms with E-state index in [1.807, 2.05) is 0 Å². The van der Waals surface area contributed by atoms with E-state index >= 15 is 0 Å². The molecule has 1 fully saturated rings. The fourth-order valence-electron chi connectivity index (χ4n) is 4.34. The van der Waals surface area contributed by atoms with Gasteiger partial charge in [0.25, 0.3) is 0 Å². The number of benzene rings is 2. The topological polar surface area (TPSA) is 99.0 Å². The van der Waals surface area contributed by atoms with Crippen LogP contribution in [0, 0.1) is 11.6 Å². The standard InChI is InChI=1S/C24H23BClF5N4O4/c1-23(2,3)39-22(36)34-6-7-35(17(10-34)12-4-5-16(27)15(8-12)25(37)38)21-13-9-14(24(29,30)31)18(26)19(28)20(13)32-11-33-21/h4-5,8-9,11,17,37-38H,6-7,10H2,1-3H3. The highest BCUT2D eigenvalue weighted by molar-refractivity contribution is 6.58. The van der Waals surface area contributed by atoms with Gasteiger partial charge in [-0.05, 0) is 38.5 Å². The molecule has 1 aromatic heterocycles. The Kier molecular flexibility index (Phi) is 7.67. The fourth-order valence-corrected chi connectivity index (χ4v) is 4.59. The molecule has 8 nitrogen and oxygen atoms in total. The molecule has 3 aromatic rings. The molecular weight excluding hydrogens is 550 g/mol. The van der Waals surface area contributed by atoms with Crippen molar-refractivity contribution in [2.24, 2.45) is 0 Å². The molecule has 0 radical (unpaired) electrons. The normalized spacial score (nSPS) is 16.5. The molecule has 1 saturated heterocycles. The number of rotatable bonds is 3. The lowest BCUT2D eigenvalue weighted by molar-refractivity contribution is -0.137. The maximum atomic E-state index is 15.0. The zero-order valence-corrected chi connectivity index (χ0v) is 21.7. The van der Waals surface area contributed by atoms with Gasteiger partial charge in [0.05, 0.1) is 16.6 Å². The van der Waals surface area contributed by atoms with E-state index in [9.17, 15) is 36.8 Å². The van der Waals surface area contributed by atoms with Gasteiger partial charge in [-0.1, -0.05) is 23.7 Å². The molecule has 1 atom stereocenters. The third-order valence-electron chi connectivity index (χ3n) is 6.08. The minimum absolute atomic E-state index is 0.00396. The van der Waals surface area contributed by atoms with Crippen molar-refractivity contribution in [1.29, 1.82) is 0 Å². The summed E-state index contributed by atoms with van der Waals surface area (Å²) in [5, 5.41) is 17.8. The Hall–Kier alpha value is -3.23. The number of halogens is 6. The van der Waals surface area contributed by atoms with Crippen LogP contribution in [0.1, 0.15) is 37.9 Å². The number of hydrogen-bond acceptors (Lipinski definition) is 7. The van der Waals surface area contributed by atoms with Crippen molar-refractivity contribution < 1.29 is 41.5 Å². The summed E-state index contributed by atoms with van der Waals surface area (Å²) in [5.74, 6) is -2.37. The van der Waals surface area contributed by atoms with Gasteiger partial charge in [-0.15, -0.1) is 0 Å². The smallest absolute Gasteiger partial charge is 0.444 e. The summed E-state index contributed by atoms with van der Waals surface area (Å²) in [6.07, 6.45) is -4.67. The summed E-state index contributed by atoms with van der Waals surface area (Å²) >= 11 is 5.68. The van der Waals surface area contributed by atoms with E-state index in [0.29, 0.717) is 6.07 Å². The van der Waals surface area contributed by atoms with Gasteiger partial charge in [-0.2, -0.15) is 13.2 Å². The largest absolute Gasteiger partial charge is 0.491 e. The van der Waals surface area contributed by atoms with E-state index in [-0.39, 0.29) is 36.4 Å². The zero-order chi connectivity index (χ0) is 28.9. The second kappa shape index (κ2) is 10.4. The van der Waals surface area contributed by atoms with E-state index in [1.54, 1.807) is 20.8 Å². The molecule has 39 heavy (non-hydrogen) atoms. The van der Waals surface area contributed by atoms with Crippen molar-refractivity contribution in [2.75, 3.05) is 24.5 Å². The van der Waals surface area contributed by atoms with E-state index < -0.39 is 64.2 Å². The van der Waals surface area contributed by atoms with Gasteiger partial charge in [-0.25, -0.2) is 23.5 Å². The Balaban J connectivity index is 1.87. The molecule has 15 heteroatoms. The Labute approximate surface area is 225 Å². The van der Waals surface area contributed by atoms with Crippen LogP contribution in [-0.4, -0.2) is 63.4 Å². The average molecular weight is 573 g/mol. The molecule has 0 bridgehead atoms. The van der Waals surface area contributed by atoms with Gasteiger partial charge >= 0.3 is 19.4 Å². The van der Waals surface area contributed by atoms with Crippen LogP contribution < -0.4 is 10.4 Å². The SMILES string of the molecule is CC(C)(C)OC(=O)N1CCN(c2ncnc3c(F)c(Cl)c(C(F)(F)F)cc23)C(c2ccc(F)c(B(O)O)c2)C1. The number of amides is 1. The minimum Gasteiger partial charge on any atom is -0.444 e. The number of carbonyl (C=O) groups excluding carboxylic acids is 1. The monoisotopic (exact) mass is 572 g/mol. The van der Waals surface area contributed by atoms with Crippen LogP contribution in [0.3, 0.4) is 0 Å². The van der Waals surface area contributed by atoms with Crippen LogP contribution in [0.25, 0.3) is 10.9 Å². The molecule has 1 aliphatic heterocycles. The molecular formula is C24H23BClF5N4O4. The predicted molar refractivity (Wildman–Crippen MR) is 134 cm³/mol. The van der Waals surface area contributed by atoms with E-state index in [0.717, 1.165) is 18.5 Å². The predicted octanol–water partition coefficient (Wildman–Crippen LogP) is 4.06. The second-order valence-corrected chi connectivity index (χ2v) is 10.3. The molecule has 0 spiro atoms. The molecule has 1 unspecified atom stereocenters. The van der Waals surface area contributed by atoms with E-state index in [4.69, 9.17) is 16.3 Å². The average Bonchev–Trinajstić information content (AvgIpc) is 2.84. The van der Waals surface area contributed by atoms with Gasteiger partial charge in [0.15, 0.2) is 5.82 Å². The van der Waals surface area contributed by atoms with Gasteiger partial charge in [0.2, 0.25) is 0 Å². The van der Waals surface area contributed by atoms with Crippen LogP contribution >= 0.6 is 11.6 Å². The number of anilines is 1. The first-order valence-corrected chi connectivity index (χ1v) is 12.1. The number of hydrogen-bond donors (Lipinski definition) is 2. The molecule has 0 saturated carbocycles. The van der Waals surface area contributed by atoms with Crippen LogP contribution in [0.2, 0.25) is 5.02 Å². The minimum atomic E-state index is -4.98. The first-order valence-electron chi connectivity index (χ1n) is 11.7. The lowest BCUT2D eigenvalue weighted by Crippen LogP contribution is -2.52. The Bertz CT molecular complexity index is 1420. The van der Waals surface area contributed by atoms with Crippen molar-refractivity contribution in [3.63, 3.8) is 0 Å². The molecule has 1 aliphatic rings. The van der Waals surface area contributed by atoms with Gasteiger partial charge in [0, 0.05) is 30.5 Å². The van der Waals surface area contributed by atoms with E-state index in [2.05, 4.69) is 9.97 Å². The lowest BCUT2D eigenvalue weighted by Gasteiger charge is -2.43. The Morgan fingerprint density at radius 2 is 1.82 bits per heavy atom. The lowest BCUT2D eigenvalue weighted by atomic mass is 9.78. The highest BCUT2D eigenvalue weighted by Gasteiger charge is 2.38. The Morgan fingerprint density at radius 3 is 2.44 bits per heavy atom. The molecule has 208 valence electrons. The van der Waals surface area contributed by atoms with Crippen molar-refractivity contribution in [3.05, 3.63) is 58.4 Å². The molecule has 1 amide bonds. The van der Waals surface area contributed by atoms with Crippen molar-refractivity contribution in [1.82, 2.24) is 14.9 Å². The maximum absolute atomic E-state index is 15.0. The number of alkyl halides is 3. The summed E-state index contributed by atoms with van der Waals surface area (Å²) in [6, 6.07) is 3.25. The van der Waals surface area contributed by atoms with Crippen LogP contribution in [0.4, 0.5) is 32.6 Å². The summed E-state index contributed by atoms with van der Waals surface area (Å²) in [6.45, 7) is 4.98. The van der Waals surface area contributed by atoms with Crippen molar-refractivity contribution >= 4 is 47.0 Å². The van der Waals surface area contributed by atoms with Gasteiger partial charge in [-0.3, -0.25) is 0 Å². The highest BCUT2D eigenvalue weighted by Crippen LogP contribution is 2.42. The third kappa shape index (κ3) is 5.87. The van der Waals surface area contributed by atoms with Crippen LogP contribution in [0.5, 0.6) is 0 Å². The molecule has 4 rings (SSSR count). The Morgan fingerprint density at radius 1 is 1.13 bits per heavy atom. The second-order valence-electron chi connectivity index (χ2n) is 9.93. The molecule has 2 aromatic carbocycles. The fraction of sp³-hybridized carbons (Fsp3) is 0.375. The first-order chi connectivity index (χ1) is 18.1. The number of nitrogens with zero attached hydrogens (tertiary/aromatic N) is 4.